The Morgan fingerprint density at radius 2 is 1.17 bits per heavy atom. The predicted molar refractivity (Wildman–Crippen MR) is 169 cm³/mol. The molecule has 0 fully saturated rings. The van der Waals surface area contributed by atoms with Crippen LogP contribution in [0, 0.1) is 0 Å². The average molecular weight is 585 g/mol. The molecular weight excluding hydrogens is 518 g/mol. The second kappa shape index (κ2) is 27.4. The van der Waals surface area contributed by atoms with Crippen LogP contribution in [0.5, 0.6) is 0 Å². The van der Waals surface area contributed by atoms with Gasteiger partial charge in [-0.05, 0) is 32.1 Å². The van der Waals surface area contributed by atoms with Crippen molar-refractivity contribution in [2.75, 3.05) is 41.0 Å². The lowest BCUT2D eigenvalue weighted by Crippen LogP contribution is -2.50. The maximum Gasteiger partial charge on any atom is 0.362 e. The van der Waals surface area contributed by atoms with Crippen LogP contribution < -0.4 is 0 Å². The minimum atomic E-state index is -0.901. The number of likely N-dealkylation sites (N-methyl/N-ethyl adjacent to an activating group) is 1. The van der Waals surface area contributed by atoms with Crippen LogP contribution in [0.2, 0.25) is 0 Å². The molecule has 7 heteroatoms. The first-order valence-corrected chi connectivity index (χ1v) is 16.8. The Balaban J connectivity index is 3.45. The monoisotopic (exact) mass is 584 g/mol. The molecule has 0 aromatic rings. The van der Waals surface area contributed by atoms with Crippen molar-refractivity contribution in [3.8, 4) is 0 Å². The van der Waals surface area contributed by atoms with E-state index in [1.165, 1.54) is 103 Å². The summed E-state index contributed by atoms with van der Waals surface area (Å²) in [4.78, 5) is 23.3. The first-order valence-electron chi connectivity index (χ1n) is 16.8. The molecular formula is C34H66NO6+. The van der Waals surface area contributed by atoms with Gasteiger partial charge in [0.25, 0.3) is 0 Å². The van der Waals surface area contributed by atoms with Crippen LogP contribution in [0.15, 0.2) is 12.2 Å². The second-order valence-electron chi connectivity index (χ2n) is 12.6. The number of nitrogens with zero attached hydrogens (tertiary/aromatic N) is 1. The van der Waals surface area contributed by atoms with E-state index < -0.39 is 18.1 Å². The van der Waals surface area contributed by atoms with Crippen LogP contribution in [0.3, 0.4) is 0 Å². The van der Waals surface area contributed by atoms with E-state index in [1.807, 2.05) is 21.1 Å². The van der Waals surface area contributed by atoms with E-state index in [0.717, 1.165) is 19.3 Å². The number of quaternary nitrogens is 1. The van der Waals surface area contributed by atoms with Gasteiger partial charge in [-0.3, -0.25) is 4.79 Å². The van der Waals surface area contributed by atoms with Crippen molar-refractivity contribution in [2.45, 2.75) is 154 Å². The van der Waals surface area contributed by atoms with Gasteiger partial charge in [-0.2, -0.15) is 0 Å². The number of carbonyl (C=O) groups excluding carboxylic acids is 1. The summed E-state index contributed by atoms with van der Waals surface area (Å²) >= 11 is 0. The van der Waals surface area contributed by atoms with Crippen LogP contribution in [0.1, 0.15) is 142 Å². The van der Waals surface area contributed by atoms with Gasteiger partial charge in [0.2, 0.25) is 0 Å². The number of ether oxygens (including phenoxy) is 2. The van der Waals surface area contributed by atoms with E-state index >= 15 is 0 Å². The quantitative estimate of drug-likeness (QED) is 0.0387. The van der Waals surface area contributed by atoms with Crippen molar-refractivity contribution in [1.29, 1.82) is 0 Å². The molecule has 0 aromatic carbocycles. The number of rotatable bonds is 30. The SMILES string of the molecule is CCCCCCCCCC/C=C\CCCCCCCCCCCC(=O)OCC(O)COCCC(C(=O)O)[N+](C)(C)C. The van der Waals surface area contributed by atoms with Crippen LogP contribution >= 0.6 is 0 Å². The van der Waals surface area contributed by atoms with Crippen LogP contribution in [0.4, 0.5) is 0 Å². The summed E-state index contributed by atoms with van der Waals surface area (Å²) in [5.41, 5.74) is 0. The highest BCUT2D eigenvalue weighted by Gasteiger charge is 2.30. The van der Waals surface area contributed by atoms with Crippen LogP contribution in [0.25, 0.3) is 0 Å². The van der Waals surface area contributed by atoms with Crippen molar-refractivity contribution >= 4 is 11.9 Å². The van der Waals surface area contributed by atoms with E-state index in [4.69, 9.17) is 9.47 Å². The van der Waals surface area contributed by atoms with Gasteiger partial charge in [0, 0.05) is 12.8 Å². The lowest BCUT2D eigenvalue weighted by Gasteiger charge is -2.31. The summed E-state index contributed by atoms with van der Waals surface area (Å²) in [7, 11) is 5.48. The molecule has 0 aliphatic rings. The molecule has 0 rings (SSSR count). The minimum absolute atomic E-state index is 0.0207. The molecule has 0 saturated carbocycles. The van der Waals surface area contributed by atoms with E-state index in [0.29, 0.717) is 17.3 Å². The summed E-state index contributed by atoms with van der Waals surface area (Å²) in [6.45, 7) is 2.43. The molecule has 2 N–H and O–H groups in total. The number of aliphatic hydroxyl groups is 1. The topological polar surface area (TPSA) is 93.1 Å². The van der Waals surface area contributed by atoms with Gasteiger partial charge in [-0.1, -0.05) is 109 Å². The Kier molecular flexibility index (Phi) is 26.4. The fraction of sp³-hybridized carbons (Fsp3) is 0.882. The molecule has 0 aliphatic heterocycles. The number of hydrogen-bond acceptors (Lipinski definition) is 5. The highest BCUT2D eigenvalue weighted by atomic mass is 16.5. The van der Waals surface area contributed by atoms with Crippen LogP contribution in [-0.4, -0.2) is 79.7 Å². The zero-order valence-electron chi connectivity index (χ0n) is 27.3. The highest BCUT2D eigenvalue weighted by molar-refractivity contribution is 5.72. The van der Waals surface area contributed by atoms with Crippen molar-refractivity contribution in [3.05, 3.63) is 12.2 Å². The van der Waals surface area contributed by atoms with Crippen molar-refractivity contribution in [1.82, 2.24) is 0 Å². The molecule has 41 heavy (non-hydrogen) atoms. The zero-order chi connectivity index (χ0) is 30.6. The fourth-order valence-electron chi connectivity index (χ4n) is 4.97. The van der Waals surface area contributed by atoms with Gasteiger partial charge < -0.3 is 24.2 Å². The van der Waals surface area contributed by atoms with Gasteiger partial charge in [-0.15, -0.1) is 0 Å². The molecule has 0 spiro atoms. The normalized spacial score (nSPS) is 13.5. The van der Waals surface area contributed by atoms with E-state index in [2.05, 4.69) is 19.1 Å². The smallest absolute Gasteiger partial charge is 0.362 e. The summed E-state index contributed by atoms with van der Waals surface area (Å²) in [5, 5.41) is 19.3. The number of aliphatic hydroxyl groups excluding tert-OH is 1. The second-order valence-corrected chi connectivity index (χ2v) is 12.6. The summed E-state index contributed by atoms with van der Waals surface area (Å²) in [5.74, 6) is -1.15. The lowest BCUT2D eigenvalue weighted by atomic mass is 10.1. The number of esters is 1. The average Bonchev–Trinajstić information content (AvgIpc) is 2.91. The Bertz CT molecular complexity index is 646. The largest absolute Gasteiger partial charge is 0.477 e. The maximum absolute atomic E-state index is 11.9. The number of aliphatic carboxylic acids is 1. The standard InChI is InChI=1S/C34H65NO6/c1-5-6-7-8-9-10-11-12-13-14-15-16-17-18-19-20-21-22-23-24-25-26-33(37)41-30-31(36)29-40-28-27-32(34(38)39)35(2,3)4/h14-15,31-32,36H,5-13,16-30H2,1-4H3/p+1/b15-14-. The van der Waals surface area contributed by atoms with E-state index in [1.54, 1.807) is 0 Å². The number of carboxylic acid groups (broad SMARTS) is 1. The lowest BCUT2D eigenvalue weighted by molar-refractivity contribution is -0.887. The molecule has 0 aliphatic carbocycles. The Morgan fingerprint density at radius 1 is 0.707 bits per heavy atom. The third-order valence-electron chi connectivity index (χ3n) is 7.65. The van der Waals surface area contributed by atoms with Gasteiger partial charge in [0.15, 0.2) is 6.04 Å². The first kappa shape index (κ1) is 39.6. The number of hydrogen-bond donors (Lipinski definition) is 2. The molecule has 0 heterocycles. The van der Waals surface area contributed by atoms with Gasteiger partial charge >= 0.3 is 11.9 Å². The zero-order valence-corrected chi connectivity index (χ0v) is 27.3. The number of carboxylic acids is 1. The summed E-state index contributed by atoms with van der Waals surface area (Å²) < 4.78 is 10.8. The van der Waals surface area contributed by atoms with Crippen molar-refractivity contribution < 1.29 is 33.8 Å². The Morgan fingerprint density at radius 3 is 1.63 bits per heavy atom. The third-order valence-corrected chi connectivity index (χ3v) is 7.65. The Labute approximate surface area is 252 Å². The molecule has 7 nitrogen and oxygen atoms in total. The summed E-state index contributed by atoms with van der Waals surface area (Å²) in [6, 6.07) is -0.573. The maximum atomic E-state index is 11.9. The fourth-order valence-corrected chi connectivity index (χ4v) is 4.97. The summed E-state index contributed by atoms with van der Waals surface area (Å²) in [6.07, 6.45) is 28.9. The minimum Gasteiger partial charge on any atom is -0.477 e. The first-order chi connectivity index (χ1) is 19.7. The third kappa shape index (κ3) is 27.2. The molecule has 0 radical (unpaired) electrons. The molecule has 0 amide bonds. The number of unbranched alkanes of at least 4 members (excludes halogenated alkanes) is 17. The van der Waals surface area contributed by atoms with Gasteiger partial charge in [-0.25, -0.2) is 4.79 Å². The van der Waals surface area contributed by atoms with Gasteiger partial charge in [0.1, 0.15) is 12.7 Å². The molecule has 0 bridgehead atoms. The van der Waals surface area contributed by atoms with E-state index in [-0.39, 0.29) is 25.8 Å². The van der Waals surface area contributed by atoms with Crippen molar-refractivity contribution in [3.63, 3.8) is 0 Å². The molecule has 2 unspecified atom stereocenters. The van der Waals surface area contributed by atoms with Crippen LogP contribution in [-0.2, 0) is 19.1 Å². The number of allylic oxidation sites excluding steroid dienone is 2. The molecule has 242 valence electrons. The van der Waals surface area contributed by atoms with Crippen molar-refractivity contribution in [2.24, 2.45) is 0 Å². The number of carbonyl (C=O) groups is 2. The highest BCUT2D eigenvalue weighted by Crippen LogP contribution is 2.13. The molecule has 2 atom stereocenters. The predicted octanol–water partition coefficient (Wildman–Crippen LogP) is 7.83. The van der Waals surface area contributed by atoms with Gasteiger partial charge in [0.05, 0.1) is 34.4 Å². The molecule has 0 saturated heterocycles. The van der Waals surface area contributed by atoms with E-state index in [9.17, 15) is 19.8 Å². The Hall–Kier alpha value is -1.44. The molecule has 0 aromatic heterocycles.